The topological polar surface area (TPSA) is 108 Å². The van der Waals surface area contributed by atoms with Crippen LogP contribution < -0.4 is 16.0 Å². The van der Waals surface area contributed by atoms with Crippen molar-refractivity contribution in [2.24, 2.45) is 28.6 Å². The number of fused-ring (bicyclic) bond motifs is 1. The fourth-order valence-electron chi connectivity index (χ4n) is 4.66. The van der Waals surface area contributed by atoms with Crippen LogP contribution in [-0.4, -0.2) is 59.5 Å². The SMILES string of the molecule is C=CC(=O)N[C@@H](NC(=O)[C@@H]1[C@@H]2[C@H](CN1C(=O)[C@@H](NC(=O)C(F)(F)F)C(C)(C)C)C2(C)C)C(C)C. The third-order valence-electron chi connectivity index (χ3n) is 6.85. The molecule has 0 radical (unpaired) electrons. The Bertz CT molecular complexity index is 863. The Morgan fingerprint density at radius 2 is 1.62 bits per heavy atom. The zero-order chi connectivity index (χ0) is 26.4. The van der Waals surface area contributed by atoms with Gasteiger partial charge in [0.2, 0.25) is 17.7 Å². The van der Waals surface area contributed by atoms with Gasteiger partial charge in [0, 0.05) is 6.54 Å². The van der Waals surface area contributed by atoms with Crippen molar-refractivity contribution in [1.82, 2.24) is 20.9 Å². The van der Waals surface area contributed by atoms with Gasteiger partial charge in [0.15, 0.2) is 0 Å². The van der Waals surface area contributed by atoms with Gasteiger partial charge in [0.05, 0.1) is 0 Å². The van der Waals surface area contributed by atoms with Crippen LogP contribution in [0.1, 0.15) is 48.5 Å². The number of hydrogen-bond acceptors (Lipinski definition) is 4. The second-order valence-corrected chi connectivity index (χ2v) is 11.1. The molecule has 0 aromatic carbocycles. The van der Waals surface area contributed by atoms with E-state index in [0.717, 1.165) is 6.08 Å². The second kappa shape index (κ2) is 9.22. The van der Waals surface area contributed by atoms with E-state index in [-0.39, 0.29) is 29.7 Å². The molecule has 1 heterocycles. The Labute approximate surface area is 198 Å². The summed E-state index contributed by atoms with van der Waals surface area (Å²) in [6.45, 7) is 15.7. The van der Waals surface area contributed by atoms with Gasteiger partial charge < -0.3 is 20.9 Å². The summed E-state index contributed by atoms with van der Waals surface area (Å²) in [6, 6.07) is -2.43. The van der Waals surface area contributed by atoms with Crippen LogP contribution in [0.3, 0.4) is 0 Å². The van der Waals surface area contributed by atoms with Crippen LogP contribution in [0.2, 0.25) is 0 Å². The van der Waals surface area contributed by atoms with Crippen molar-refractivity contribution < 1.29 is 32.3 Å². The first-order valence-electron chi connectivity index (χ1n) is 11.3. The molecule has 192 valence electrons. The maximum absolute atomic E-state index is 13.5. The lowest BCUT2D eigenvalue weighted by molar-refractivity contribution is -0.176. The number of likely N-dealkylation sites (tertiary alicyclic amines) is 1. The normalized spacial score (nSPS) is 25.1. The van der Waals surface area contributed by atoms with Crippen molar-refractivity contribution >= 4 is 23.6 Å². The summed E-state index contributed by atoms with van der Waals surface area (Å²) < 4.78 is 38.8. The molecular weight excluding hydrogens is 453 g/mol. The lowest BCUT2D eigenvalue weighted by atomic mass is 9.85. The number of alkyl halides is 3. The minimum absolute atomic E-state index is 0.00796. The Morgan fingerprint density at radius 1 is 1.06 bits per heavy atom. The zero-order valence-corrected chi connectivity index (χ0v) is 20.7. The molecule has 34 heavy (non-hydrogen) atoms. The van der Waals surface area contributed by atoms with Crippen LogP contribution in [0, 0.1) is 28.6 Å². The summed E-state index contributed by atoms with van der Waals surface area (Å²) in [5.41, 5.74) is -1.28. The molecule has 8 nitrogen and oxygen atoms in total. The monoisotopic (exact) mass is 488 g/mol. The third kappa shape index (κ3) is 5.55. The smallest absolute Gasteiger partial charge is 0.336 e. The predicted molar refractivity (Wildman–Crippen MR) is 119 cm³/mol. The Balaban J connectivity index is 2.33. The van der Waals surface area contributed by atoms with Gasteiger partial charge >= 0.3 is 12.1 Å². The zero-order valence-electron chi connectivity index (χ0n) is 20.7. The summed E-state index contributed by atoms with van der Waals surface area (Å²) in [6.07, 6.45) is -4.81. The molecule has 0 unspecified atom stereocenters. The highest BCUT2D eigenvalue weighted by Crippen LogP contribution is 2.65. The standard InChI is InChI=1S/C23H35F3N4O4/c1-9-13(31)27-17(11(2)3)29-18(32)15-14-12(22(14,7)8)10-30(15)19(33)16(21(4,5)6)28-20(34)23(24,25)26/h9,11-12,14-17H,1,10H2,2-8H3,(H,27,31)(H,28,34)(H,29,32)/t12-,14-,15-,16+,17-/m0/s1. The lowest BCUT2D eigenvalue weighted by Gasteiger charge is -2.38. The van der Waals surface area contributed by atoms with Crippen LogP contribution in [0.15, 0.2) is 12.7 Å². The largest absolute Gasteiger partial charge is 0.471 e. The van der Waals surface area contributed by atoms with Gasteiger partial charge in [-0.1, -0.05) is 55.0 Å². The highest BCUT2D eigenvalue weighted by molar-refractivity contribution is 5.95. The Kier molecular flexibility index (Phi) is 7.50. The van der Waals surface area contributed by atoms with Crippen molar-refractivity contribution in [3.8, 4) is 0 Å². The van der Waals surface area contributed by atoms with E-state index in [9.17, 15) is 32.3 Å². The van der Waals surface area contributed by atoms with Crippen molar-refractivity contribution in [2.75, 3.05) is 6.54 Å². The minimum atomic E-state index is -5.15. The molecule has 0 aromatic rings. The second-order valence-electron chi connectivity index (χ2n) is 11.1. The van der Waals surface area contributed by atoms with Crippen LogP contribution >= 0.6 is 0 Å². The summed E-state index contributed by atoms with van der Waals surface area (Å²) in [7, 11) is 0. The number of amides is 4. The van der Waals surface area contributed by atoms with Gasteiger partial charge in [-0.25, -0.2) is 0 Å². The molecule has 2 rings (SSSR count). The van der Waals surface area contributed by atoms with Crippen LogP contribution in [-0.2, 0) is 19.2 Å². The third-order valence-corrected chi connectivity index (χ3v) is 6.85. The van der Waals surface area contributed by atoms with E-state index >= 15 is 0 Å². The highest BCUT2D eigenvalue weighted by atomic mass is 19.4. The van der Waals surface area contributed by atoms with E-state index in [2.05, 4.69) is 17.2 Å². The van der Waals surface area contributed by atoms with Gasteiger partial charge in [0.25, 0.3) is 0 Å². The summed E-state index contributed by atoms with van der Waals surface area (Å²) in [4.78, 5) is 51.6. The van der Waals surface area contributed by atoms with Gasteiger partial charge in [0.1, 0.15) is 18.2 Å². The van der Waals surface area contributed by atoms with Gasteiger partial charge in [-0.2, -0.15) is 13.2 Å². The fraction of sp³-hybridized carbons (Fsp3) is 0.739. The minimum Gasteiger partial charge on any atom is -0.336 e. The molecule has 0 aromatic heterocycles. The molecule has 2 aliphatic rings. The molecule has 0 bridgehead atoms. The van der Waals surface area contributed by atoms with Crippen molar-refractivity contribution in [1.29, 1.82) is 0 Å². The van der Waals surface area contributed by atoms with Gasteiger partial charge in [-0.15, -0.1) is 0 Å². The van der Waals surface area contributed by atoms with Crippen LogP contribution in [0.5, 0.6) is 0 Å². The molecule has 1 aliphatic carbocycles. The number of rotatable bonds is 7. The maximum atomic E-state index is 13.5. The molecule has 0 spiro atoms. The summed E-state index contributed by atoms with van der Waals surface area (Å²) in [5.74, 6) is -4.34. The van der Waals surface area contributed by atoms with Gasteiger partial charge in [-0.05, 0) is 34.7 Å². The van der Waals surface area contributed by atoms with E-state index in [4.69, 9.17) is 0 Å². The van der Waals surface area contributed by atoms with E-state index in [1.165, 1.54) is 4.90 Å². The average molecular weight is 489 g/mol. The van der Waals surface area contributed by atoms with E-state index in [0.29, 0.717) is 0 Å². The number of nitrogens with one attached hydrogen (secondary N) is 3. The van der Waals surface area contributed by atoms with Crippen LogP contribution in [0.4, 0.5) is 13.2 Å². The quantitative estimate of drug-likeness (QED) is 0.376. The molecule has 1 aliphatic heterocycles. The number of halogens is 3. The first kappa shape index (κ1) is 27.7. The molecule has 1 saturated heterocycles. The van der Waals surface area contributed by atoms with Crippen molar-refractivity contribution in [3.05, 3.63) is 12.7 Å². The number of piperidine rings is 1. The fourth-order valence-corrected chi connectivity index (χ4v) is 4.66. The Hall–Kier alpha value is -2.59. The molecule has 1 saturated carbocycles. The van der Waals surface area contributed by atoms with E-state index < -0.39 is 53.5 Å². The molecule has 2 fully saturated rings. The summed E-state index contributed by atoms with van der Waals surface area (Å²) in [5, 5.41) is 7.22. The lowest BCUT2D eigenvalue weighted by Crippen LogP contribution is -2.62. The molecule has 4 amide bonds. The number of carbonyl (C=O) groups is 4. The average Bonchev–Trinajstić information content (AvgIpc) is 3.02. The molecule has 11 heteroatoms. The molecule has 3 N–H and O–H groups in total. The van der Waals surface area contributed by atoms with Crippen molar-refractivity contribution in [3.63, 3.8) is 0 Å². The van der Waals surface area contributed by atoms with Crippen molar-refractivity contribution in [2.45, 2.75) is 72.9 Å². The summed E-state index contributed by atoms with van der Waals surface area (Å²) >= 11 is 0. The highest BCUT2D eigenvalue weighted by Gasteiger charge is 2.70. The number of nitrogens with zero attached hydrogens (tertiary/aromatic N) is 1. The number of carbonyl (C=O) groups excluding carboxylic acids is 4. The maximum Gasteiger partial charge on any atom is 0.471 e. The number of hydrogen-bond donors (Lipinski definition) is 3. The first-order valence-corrected chi connectivity index (χ1v) is 11.3. The first-order chi connectivity index (χ1) is 15.3. The van der Waals surface area contributed by atoms with E-state index in [1.807, 2.05) is 19.2 Å². The predicted octanol–water partition coefficient (Wildman–Crippen LogP) is 1.96. The Morgan fingerprint density at radius 3 is 2.06 bits per heavy atom. The molecular formula is C23H35F3N4O4. The van der Waals surface area contributed by atoms with E-state index in [1.54, 1.807) is 34.6 Å². The van der Waals surface area contributed by atoms with Crippen LogP contribution in [0.25, 0.3) is 0 Å². The molecule has 5 atom stereocenters. The van der Waals surface area contributed by atoms with Gasteiger partial charge in [-0.3, -0.25) is 19.2 Å².